The highest BCUT2D eigenvalue weighted by Crippen LogP contribution is 2.37. The Kier molecular flexibility index (Phi) is 5.27. The molecule has 0 unspecified atom stereocenters. The van der Waals surface area contributed by atoms with Crippen molar-refractivity contribution in [1.82, 2.24) is 10.2 Å². The van der Waals surface area contributed by atoms with Gasteiger partial charge in [-0.1, -0.05) is 29.8 Å². The van der Waals surface area contributed by atoms with Gasteiger partial charge in [0.1, 0.15) is 0 Å². The molecular formula is C19H22ClN3S2. The van der Waals surface area contributed by atoms with Crippen LogP contribution in [0.2, 0.25) is 5.02 Å². The van der Waals surface area contributed by atoms with Crippen LogP contribution in [0.5, 0.6) is 0 Å². The molecule has 2 aromatic rings. The van der Waals surface area contributed by atoms with Gasteiger partial charge in [-0.05, 0) is 61.5 Å². The number of anilines is 1. The minimum Gasteiger partial charge on any atom is -0.360 e. The van der Waals surface area contributed by atoms with Gasteiger partial charge in [0.2, 0.25) is 0 Å². The molecule has 2 N–H and O–H groups in total. The van der Waals surface area contributed by atoms with E-state index in [0.29, 0.717) is 28.3 Å². The predicted octanol–water partition coefficient (Wildman–Crippen LogP) is 4.88. The fourth-order valence-corrected chi connectivity index (χ4v) is 5.31. The molecule has 3 nitrogen and oxygen atoms in total. The first kappa shape index (κ1) is 17.3. The Labute approximate surface area is 163 Å². The van der Waals surface area contributed by atoms with Crippen molar-refractivity contribution in [2.24, 2.45) is 0 Å². The van der Waals surface area contributed by atoms with Crippen LogP contribution in [0.15, 0.2) is 41.8 Å². The lowest BCUT2D eigenvalue weighted by Gasteiger charge is -2.39. The monoisotopic (exact) mass is 391 g/mol. The van der Waals surface area contributed by atoms with Crippen molar-refractivity contribution in [1.29, 1.82) is 0 Å². The number of hydrogen-bond acceptors (Lipinski definition) is 3. The largest absolute Gasteiger partial charge is 0.360 e. The molecule has 2 saturated heterocycles. The second kappa shape index (κ2) is 7.62. The summed E-state index contributed by atoms with van der Waals surface area (Å²) in [4.78, 5) is 4.17. The Hall–Kier alpha value is -1.14. The number of para-hydroxylation sites is 1. The molecule has 2 aliphatic rings. The van der Waals surface area contributed by atoms with Crippen LogP contribution in [0, 0.1) is 0 Å². The first-order valence-corrected chi connectivity index (χ1v) is 10.5. The summed E-state index contributed by atoms with van der Waals surface area (Å²) in [5, 5.41) is 10.3. The molecule has 2 aliphatic heterocycles. The van der Waals surface area contributed by atoms with Gasteiger partial charge >= 0.3 is 0 Å². The first-order valence-electron chi connectivity index (χ1n) is 8.79. The third-order valence-electron chi connectivity index (χ3n) is 5.26. The van der Waals surface area contributed by atoms with Crippen LogP contribution in [0.1, 0.15) is 30.6 Å². The smallest absolute Gasteiger partial charge is 0.171 e. The summed E-state index contributed by atoms with van der Waals surface area (Å²) >= 11 is 13.6. The predicted molar refractivity (Wildman–Crippen MR) is 111 cm³/mol. The maximum atomic E-state index is 6.20. The van der Waals surface area contributed by atoms with Crippen LogP contribution in [0.3, 0.4) is 0 Å². The molecule has 2 atom stereocenters. The average Bonchev–Trinajstić information content (AvgIpc) is 3.17. The zero-order chi connectivity index (χ0) is 17.2. The molecule has 0 saturated carbocycles. The number of nitrogens with one attached hydrogen (secondary N) is 2. The molecule has 0 aliphatic carbocycles. The van der Waals surface area contributed by atoms with Crippen molar-refractivity contribution >= 4 is 46.0 Å². The number of piperidine rings is 1. The van der Waals surface area contributed by atoms with Crippen LogP contribution in [0.4, 0.5) is 5.69 Å². The molecule has 0 amide bonds. The molecule has 4 rings (SSSR count). The van der Waals surface area contributed by atoms with E-state index < -0.39 is 0 Å². The number of halogens is 1. The SMILES string of the molecule is S=C(Nc1ccccc1Cl)NC1C[C@@H]2CC[C@@H](C1)N2Cc1cccs1. The van der Waals surface area contributed by atoms with Crippen LogP contribution in [0.25, 0.3) is 0 Å². The number of nitrogens with zero attached hydrogens (tertiary/aromatic N) is 1. The van der Waals surface area contributed by atoms with Gasteiger partial charge in [-0.3, -0.25) is 4.90 Å². The number of fused-ring (bicyclic) bond motifs is 2. The van der Waals surface area contributed by atoms with E-state index in [-0.39, 0.29) is 0 Å². The fourth-order valence-electron chi connectivity index (χ4n) is 4.14. The summed E-state index contributed by atoms with van der Waals surface area (Å²) in [6.07, 6.45) is 4.93. The Bertz CT molecular complexity index is 720. The quantitative estimate of drug-likeness (QED) is 0.726. The fraction of sp³-hybridized carbons (Fsp3) is 0.421. The molecule has 1 aromatic carbocycles. The number of thiophene rings is 1. The van der Waals surface area contributed by atoms with Crippen LogP contribution < -0.4 is 10.6 Å². The number of thiocarbonyl (C=S) groups is 1. The third-order valence-corrected chi connectivity index (χ3v) is 6.67. The Morgan fingerprint density at radius 2 is 1.92 bits per heavy atom. The molecular weight excluding hydrogens is 370 g/mol. The summed E-state index contributed by atoms with van der Waals surface area (Å²) in [5.74, 6) is 0. The van der Waals surface area contributed by atoms with Gasteiger partial charge in [0.05, 0.1) is 10.7 Å². The molecule has 6 heteroatoms. The van der Waals surface area contributed by atoms with E-state index in [1.807, 2.05) is 35.6 Å². The Morgan fingerprint density at radius 3 is 2.60 bits per heavy atom. The second-order valence-corrected chi connectivity index (χ2v) is 8.73. The van der Waals surface area contributed by atoms with Crippen LogP contribution in [-0.2, 0) is 6.54 Å². The number of benzene rings is 1. The first-order chi connectivity index (χ1) is 12.2. The van der Waals surface area contributed by atoms with Crippen molar-refractivity contribution in [2.75, 3.05) is 5.32 Å². The van der Waals surface area contributed by atoms with Crippen molar-refractivity contribution in [3.05, 3.63) is 51.7 Å². The van der Waals surface area contributed by atoms with Crippen molar-refractivity contribution in [3.8, 4) is 0 Å². The third kappa shape index (κ3) is 4.00. The molecule has 25 heavy (non-hydrogen) atoms. The Morgan fingerprint density at radius 1 is 1.16 bits per heavy atom. The molecule has 1 aromatic heterocycles. The van der Waals surface area contributed by atoms with E-state index in [4.69, 9.17) is 23.8 Å². The highest BCUT2D eigenvalue weighted by atomic mass is 35.5. The lowest BCUT2D eigenvalue weighted by molar-refractivity contribution is 0.116. The highest BCUT2D eigenvalue weighted by molar-refractivity contribution is 7.80. The zero-order valence-corrected chi connectivity index (χ0v) is 16.3. The van der Waals surface area contributed by atoms with Gasteiger partial charge in [-0.2, -0.15) is 0 Å². The topological polar surface area (TPSA) is 27.3 Å². The van der Waals surface area contributed by atoms with E-state index in [2.05, 4.69) is 33.0 Å². The minimum atomic E-state index is 0.444. The Balaban J connectivity index is 1.33. The van der Waals surface area contributed by atoms with Crippen LogP contribution in [-0.4, -0.2) is 28.1 Å². The normalized spacial score (nSPS) is 25.7. The zero-order valence-electron chi connectivity index (χ0n) is 14.0. The molecule has 2 bridgehead atoms. The lowest BCUT2D eigenvalue weighted by Crippen LogP contribution is -2.50. The molecule has 0 spiro atoms. The lowest BCUT2D eigenvalue weighted by atomic mass is 9.97. The maximum absolute atomic E-state index is 6.20. The minimum absolute atomic E-state index is 0.444. The summed E-state index contributed by atoms with van der Waals surface area (Å²) in [6.45, 7) is 1.10. The van der Waals surface area contributed by atoms with Crippen LogP contribution >= 0.6 is 35.2 Å². The summed E-state index contributed by atoms with van der Waals surface area (Å²) in [7, 11) is 0. The molecule has 3 heterocycles. The van der Waals surface area contributed by atoms with Crippen molar-refractivity contribution < 1.29 is 0 Å². The standard InChI is InChI=1S/C19H22ClN3S2/c20-17-5-1-2-6-18(17)22-19(24)21-13-10-14-7-8-15(11-13)23(14)12-16-4-3-9-25-16/h1-6,9,13-15H,7-8,10-12H2,(H2,21,22,24)/t14-,15-/m0/s1. The summed E-state index contributed by atoms with van der Waals surface area (Å²) in [5.41, 5.74) is 0.861. The van der Waals surface area contributed by atoms with Gasteiger partial charge in [-0.15, -0.1) is 11.3 Å². The van der Waals surface area contributed by atoms with Gasteiger partial charge in [0.15, 0.2) is 5.11 Å². The van der Waals surface area contributed by atoms with E-state index in [0.717, 1.165) is 25.1 Å². The van der Waals surface area contributed by atoms with Crippen molar-refractivity contribution in [3.63, 3.8) is 0 Å². The van der Waals surface area contributed by atoms with E-state index in [9.17, 15) is 0 Å². The summed E-state index contributed by atoms with van der Waals surface area (Å²) in [6, 6.07) is 13.9. The number of hydrogen-bond donors (Lipinski definition) is 2. The average molecular weight is 392 g/mol. The van der Waals surface area contributed by atoms with Gasteiger partial charge in [0.25, 0.3) is 0 Å². The summed E-state index contributed by atoms with van der Waals surface area (Å²) < 4.78 is 0. The second-order valence-electron chi connectivity index (χ2n) is 6.88. The van der Waals surface area contributed by atoms with E-state index in [1.165, 1.54) is 17.7 Å². The van der Waals surface area contributed by atoms with Gasteiger partial charge in [0, 0.05) is 29.5 Å². The van der Waals surface area contributed by atoms with Crippen molar-refractivity contribution in [2.45, 2.75) is 50.4 Å². The highest BCUT2D eigenvalue weighted by Gasteiger charge is 2.40. The van der Waals surface area contributed by atoms with E-state index in [1.54, 1.807) is 0 Å². The maximum Gasteiger partial charge on any atom is 0.171 e. The van der Waals surface area contributed by atoms with Gasteiger partial charge in [-0.25, -0.2) is 0 Å². The molecule has 2 fully saturated rings. The van der Waals surface area contributed by atoms with Gasteiger partial charge < -0.3 is 10.6 Å². The van der Waals surface area contributed by atoms with E-state index >= 15 is 0 Å². The molecule has 0 radical (unpaired) electrons. The molecule has 132 valence electrons. The number of rotatable bonds is 4.